The van der Waals surface area contributed by atoms with Crippen LogP contribution in [-0.4, -0.2) is 42.0 Å². The van der Waals surface area contributed by atoms with Crippen molar-refractivity contribution in [3.63, 3.8) is 0 Å². The molecule has 0 aromatic heterocycles. The summed E-state index contributed by atoms with van der Waals surface area (Å²) in [6.45, 7) is 1.60. The standard InChI is InChI=1S/C18H16FN5O3/c19-14-5-6-15(13(11-14)12-20)21-18(25)23-9-7-22(8-10-23)16-3-1-2-4-17(16)24(26)27/h1-6,11H,7-10H2,(H,21,25). The van der Waals surface area contributed by atoms with E-state index in [1.165, 1.54) is 18.2 Å². The van der Waals surface area contributed by atoms with Crippen molar-refractivity contribution in [1.82, 2.24) is 4.90 Å². The van der Waals surface area contributed by atoms with Gasteiger partial charge in [0.2, 0.25) is 0 Å². The molecule has 27 heavy (non-hydrogen) atoms. The number of nitro groups is 1. The highest BCUT2D eigenvalue weighted by Crippen LogP contribution is 2.28. The van der Waals surface area contributed by atoms with Gasteiger partial charge < -0.3 is 15.1 Å². The Balaban J connectivity index is 1.65. The second kappa shape index (κ2) is 7.70. The molecule has 138 valence electrons. The lowest BCUT2D eigenvalue weighted by Gasteiger charge is -2.35. The third kappa shape index (κ3) is 3.95. The second-order valence-electron chi connectivity index (χ2n) is 5.95. The van der Waals surface area contributed by atoms with E-state index in [1.807, 2.05) is 11.0 Å². The van der Waals surface area contributed by atoms with E-state index in [1.54, 1.807) is 23.1 Å². The number of urea groups is 1. The van der Waals surface area contributed by atoms with E-state index >= 15 is 0 Å². The summed E-state index contributed by atoms with van der Waals surface area (Å²) in [6, 6.07) is 11.5. The van der Waals surface area contributed by atoms with Crippen LogP contribution in [0.25, 0.3) is 0 Å². The first-order chi connectivity index (χ1) is 13.0. The van der Waals surface area contributed by atoms with Crippen molar-refractivity contribution >= 4 is 23.1 Å². The smallest absolute Gasteiger partial charge is 0.322 e. The van der Waals surface area contributed by atoms with Crippen LogP contribution < -0.4 is 10.2 Å². The van der Waals surface area contributed by atoms with E-state index in [4.69, 9.17) is 5.26 Å². The van der Waals surface area contributed by atoms with Gasteiger partial charge in [-0.3, -0.25) is 10.1 Å². The van der Waals surface area contributed by atoms with Gasteiger partial charge in [-0.2, -0.15) is 5.26 Å². The molecule has 1 fully saturated rings. The van der Waals surface area contributed by atoms with Gasteiger partial charge >= 0.3 is 6.03 Å². The van der Waals surface area contributed by atoms with Gasteiger partial charge in [-0.05, 0) is 24.3 Å². The Morgan fingerprint density at radius 1 is 1.19 bits per heavy atom. The number of rotatable bonds is 3. The summed E-state index contributed by atoms with van der Waals surface area (Å²) in [5, 5.41) is 22.8. The molecule has 2 amide bonds. The largest absolute Gasteiger partial charge is 0.362 e. The highest BCUT2D eigenvalue weighted by atomic mass is 19.1. The molecule has 8 nitrogen and oxygen atoms in total. The van der Waals surface area contributed by atoms with Crippen LogP contribution in [0, 0.1) is 27.3 Å². The van der Waals surface area contributed by atoms with Crippen LogP contribution in [0.3, 0.4) is 0 Å². The van der Waals surface area contributed by atoms with Gasteiger partial charge in [-0.25, -0.2) is 9.18 Å². The number of nitriles is 1. The third-order valence-corrected chi connectivity index (χ3v) is 4.33. The monoisotopic (exact) mass is 369 g/mol. The fourth-order valence-electron chi connectivity index (χ4n) is 2.95. The Hall–Kier alpha value is -3.67. The SMILES string of the molecule is N#Cc1cc(F)ccc1NC(=O)N1CCN(c2ccccc2[N+](=O)[O-])CC1. The quantitative estimate of drug-likeness (QED) is 0.662. The van der Waals surface area contributed by atoms with Gasteiger partial charge in [-0.1, -0.05) is 12.1 Å². The summed E-state index contributed by atoms with van der Waals surface area (Å²) < 4.78 is 13.2. The van der Waals surface area contributed by atoms with Crippen LogP contribution in [0.5, 0.6) is 0 Å². The Labute approximate surface area is 154 Å². The number of halogens is 1. The van der Waals surface area contributed by atoms with Gasteiger partial charge in [0.25, 0.3) is 5.69 Å². The number of amides is 2. The number of piperazine rings is 1. The number of anilines is 2. The first kappa shape index (κ1) is 18.1. The molecular formula is C18H16FN5O3. The van der Waals surface area contributed by atoms with Crippen LogP contribution in [0.4, 0.5) is 26.2 Å². The zero-order chi connectivity index (χ0) is 19.4. The number of hydrogen-bond donors (Lipinski definition) is 1. The Morgan fingerprint density at radius 3 is 2.56 bits per heavy atom. The van der Waals surface area contributed by atoms with Crippen molar-refractivity contribution in [2.24, 2.45) is 0 Å². The molecule has 0 unspecified atom stereocenters. The molecule has 1 saturated heterocycles. The van der Waals surface area contributed by atoms with Gasteiger partial charge in [0, 0.05) is 32.2 Å². The summed E-state index contributed by atoms with van der Waals surface area (Å²) in [6.07, 6.45) is 0. The topological polar surface area (TPSA) is 103 Å². The summed E-state index contributed by atoms with van der Waals surface area (Å²) >= 11 is 0. The molecule has 0 spiro atoms. The van der Waals surface area contributed by atoms with Crippen LogP contribution in [0.1, 0.15) is 5.56 Å². The van der Waals surface area contributed by atoms with Crippen molar-refractivity contribution in [2.45, 2.75) is 0 Å². The number of carbonyl (C=O) groups excluding carboxylic acids is 1. The van der Waals surface area contributed by atoms with Crippen molar-refractivity contribution in [3.8, 4) is 6.07 Å². The van der Waals surface area contributed by atoms with Crippen molar-refractivity contribution in [3.05, 3.63) is 64.0 Å². The lowest BCUT2D eigenvalue weighted by molar-refractivity contribution is -0.384. The van der Waals surface area contributed by atoms with Crippen LogP contribution >= 0.6 is 0 Å². The van der Waals surface area contributed by atoms with E-state index in [-0.39, 0.29) is 16.9 Å². The number of hydrogen-bond acceptors (Lipinski definition) is 5. The minimum atomic E-state index is -0.553. The van der Waals surface area contributed by atoms with E-state index < -0.39 is 16.8 Å². The maximum Gasteiger partial charge on any atom is 0.322 e. The van der Waals surface area contributed by atoms with Crippen molar-refractivity contribution in [2.75, 3.05) is 36.4 Å². The van der Waals surface area contributed by atoms with Gasteiger partial charge in [0.15, 0.2) is 0 Å². The van der Waals surface area contributed by atoms with Crippen molar-refractivity contribution < 1.29 is 14.1 Å². The first-order valence-electron chi connectivity index (χ1n) is 8.23. The zero-order valence-electron chi connectivity index (χ0n) is 14.3. The van der Waals surface area contributed by atoms with Gasteiger partial charge in [0.1, 0.15) is 17.6 Å². The lowest BCUT2D eigenvalue weighted by Crippen LogP contribution is -2.50. The maximum absolute atomic E-state index is 13.2. The average Bonchev–Trinajstić information content (AvgIpc) is 2.69. The van der Waals surface area contributed by atoms with E-state index in [0.717, 1.165) is 6.07 Å². The number of nitrogens with one attached hydrogen (secondary N) is 1. The molecule has 9 heteroatoms. The molecule has 1 heterocycles. The first-order valence-corrected chi connectivity index (χ1v) is 8.23. The molecule has 1 aliphatic heterocycles. The lowest BCUT2D eigenvalue weighted by atomic mass is 10.2. The number of nitro benzene ring substituents is 1. The minimum absolute atomic E-state index is 0.0281. The molecule has 0 atom stereocenters. The molecule has 0 radical (unpaired) electrons. The van der Waals surface area contributed by atoms with Crippen LogP contribution in [0.2, 0.25) is 0 Å². The molecule has 0 aliphatic carbocycles. The fourth-order valence-corrected chi connectivity index (χ4v) is 2.95. The van der Waals surface area contributed by atoms with Gasteiger partial charge in [-0.15, -0.1) is 0 Å². The molecule has 0 saturated carbocycles. The molecule has 2 aromatic carbocycles. The summed E-state index contributed by atoms with van der Waals surface area (Å²) in [5.74, 6) is -0.553. The number of benzene rings is 2. The molecular weight excluding hydrogens is 353 g/mol. The Morgan fingerprint density at radius 2 is 1.89 bits per heavy atom. The molecule has 2 aromatic rings. The molecule has 3 rings (SSSR count). The molecule has 0 bridgehead atoms. The third-order valence-electron chi connectivity index (χ3n) is 4.33. The van der Waals surface area contributed by atoms with Gasteiger partial charge in [0.05, 0.1) is 16.2 Å². The second-order valence-corrected chi connectivity index (χ2v) is 5.95. The normalized spacial score (nSPS) is 13.8. The van der Waals surface area contributed by atoms with E-state index in [2.05, 4.69) is 5.32 Å². The predicted molar refractivity (Wildman–Crippen MR) is 97.0 cm³/mol. The number of para-hydroxylation sites is 2. The molecule has 1 aliphatic rings. The zero-order valence-corrected chi connectivity index (χ0v) is 14.3. The maximum atomic E-state index is 13.2. The molecule has 1 N–H and O–H groups in total. The van der Waals surface area contributed by atoms with Crippen LogP contribution in [0.15, 0.2) is 42.5 Å². The minimum Gasteiger partial charge on any atom is -0.362 e. The predicted octanol–water partition coefficient (Wildman–Crippen LogP) is 2.96. The average molecular weight is 369 g/mol. The highest BCUT2D eigenvalue weighted by Gasteiger charge is 2.25. The Kier molecular flexibility index (Phi) is 5.17. The number of carbonyl (C=O) groups is 1. The number of nitrogens with zero attached hydrogens (tertiary/aromatic N) is 4. The fraction of sp³-hybridized carbons (Fsp3) is 0.222. The van der Waals surface area contributed by atoms with Crippen molar-refractivity contribution in [1.29, 1.82) is 5.26 Å². The van der Waals surface area contributed by atoms with Crippen LogP contribution in [-0.2, 0) is 0 Å². The van der Waals surface area contributed by atoms with E-state index in [9.17, 15) is 19.3 Å². The summed E-state index contributed by atoms with van der Waals surface area (Å²) in [5.41, 5.74) is 0.833. The highest BCUT2D eigenvalue weighted by molar-refractivity contribution is 5.91. The summed E-state index contributed by atoms with van der Waals surface area (Å²) in [4.78, 5) is 26.6. The summed E-state index contributed by atoms with van der Waals surface area (Å²) in [7, 11) is 0. The van der Waals surface area contributed by atoms with E-state index in [0.29, 0.717) is 31.9 Å². The Bertz CT molecular complexity index is 919.